The van der Waals surface area contributed by atoms with E-state index in [2.05, 4.69) is 35.6 Å². The first kappa shape index (κ1) is 19.8. The van der Waals surface area contributed by atoms with Crippen molar-refractivity contribution < 1.29 is 14.4 Å². The number of hydrogen-bond donors (Lipinski definition) is 3. The van der Waals surface area contributed by atoms with E-state index in [-0.39, 0.29) is 16.7 Å². The number of oxime groups is 1. The standard InChI is InChI=1S/C18H16ClN7O3/c1-28-24-9-13-16(20)22-10-23-17(13)29-12-4-5-15(14(19)7-12)26-18(27)25-11-3-2-6-21-8-11/h2-10H,1H3,(H2,20,22,23)(H2,25,26,27). The first-order valence-electron chi connectivity index (χ1n) is 8.19. The number of urea groups is 1. The molecule has 0 radical (unpaired) electrons. The van der Waals surface area contributed by atoms with Gasteiger partial charge in [0.15, 0.2) is 0 Å². The fourth-order valence-corrected chi connectivity index (χ4v) is 2.41. The van der Waals surface area contributed by atoms with Crippen molar-refractivity contribution in [1.29, 1.82) is 0 Å². The van der Waals surface area contributed by atoms with Gasteiger partial charge < -0.3 is 25.9 Å². The minimum Gasteiger partial charge on any atom is -0.438 e. The number of hydrogen-bond acceptors (Lipinski definition) is 8. The van der Waals surface area contributed by atoms with E-state index < -0.39 is 6.03 Å². The first-order chi connectivity index (χ1) is 14.1. The molecule has 3 aromatic rings. The highest BCUT2D eigenvalue weighted by Gasteiger charge is 2.12. The Morgan fingerprint density at radius 1 is 1.28 bits per heavy atom. The van der Waals surface area contributed by atoms with Crippen LogP contribution in [0.25, 0.3) is 0 Å². The normalized spacial score (nSPS) is 10.6. The summed E-state index contributed by atoms with van der Waals surface area (Å²) >= 11 is 6.26. The van der Waals surface area contributed by atoms with Gasteiger partial charge in [0.1, 0.15) is 30.6 Å². The first-order valence-corrected chi connectivity index (χ1v) is 8.57. The van der Waals surface area contributed by atoms with E-state index >= 15 is 0 Å². The van der Waals surface area contributed by atoms with Crippen LogP contribution in [0.4, 0.5) is 22.0 Å². The van der Waals surface area contributed by atoms with Crippen LogP contribution in [-0.2, 0) is 4.84 Å². The fourth-order valence-electron chi connectivity index (χ4n) is 2.19. The van der Waals surface area contributed by atoms with E-state index in [1.165, 1.54) is 31.9 Å². The zero-order chi connectivity index (χ0) is 20.6. The molecule has 0 unspecified atom stereocenters. The number of rotatable bonds is 6. The summed E-state index contributed by atoms with van der Waals surface area (Å²) in [4.78, 5) is 28.6. The van der Waals surface area contributed by atoms with Crippen LogP contribution in [0.1, 0.15) is 5.56 Å². The van der Waals surface area contributed by atoms with Crippen molar-refractivity contribution in [3.63, 3.8) is 0 Å². The van der Waals surface area contributed by atoms with Crippen LogP contribution in [-0.4, -0.2) is 34.3 Å². The van der Waals surface area contributed by atoms with Crippen molar-refractivity contribution in [3.05, 3.63) is 59.6 Å². The largest absolute Gasteiger partial charge is 0.438 e. The minimum atomic E-state index is -0.463. The molecule has 148 valence electrons. The number of amides is 2. The highest BCUT2D eigenvalue weighted by Crippen LogP contribution is 2.31. The van der Waals surface area contributed by atoms with Crippen LogP contribution in [0.5, 0.6) is 11.6 Å². The molecule has 4 N–H and O–H groups in total. The molecule has 0 aliphatic carbocycles. The van der Waals surface area contributed by atoms with Crippen molar-refractivity contribution in [1.82, 2.24) is 15.0 Å². The highest BCUT2D eigenvalue weighted by molar-refractivity contribution is 6.34. The zero-order valence-corrected chi connectivity index (χ0v) is 15.9. The Morgan fingerprint density at radius 3 is 2.86 bits per heavy atom. The Bertz CT molecular complexity index is 1030. The second-order valence-electron chi connectivity index (χ2n) is 5.46. The predicted octanol–water partition coefficient (Wildman–Crippen LogP) is 3.52. The Kier molecular flexibility index (Phi) is 6.38. The number of carbonyl (C=O) groups is 1. The lowest BCUT2D eigenvalue weighted by molar-refractivity contribution is 0.215. The SMILES string of the molecule is CON=Cc1c(N)ncnc1Oc1ccc(NC(=O)Nc2cccnc2)c(Cl)c1. The number of nitrogens with two attached hydrogens (primary N) is 1. The molecule has 0 fully saturated rings. The van der Waals surface area contributed by atoms with Gasteiger partial charge in [-0.05, 0) is 24.3 Å². The van der Waals surface area contributed by atoms with Crippen molar-refractivity contribution in [3.8, 4) is 11.6 Å². The third kappa shape index (κ3) is 5.30. The number of nitrogens with one attached hydrogen (secondary N) is 2. The van der Waals surface area contributed by atoms with Crippen LogP contribution in [0, 0.1) is 0 Å². The Hall–Kier alpha value is -3.92. The van der Waals surface area contributed by atoms with E-state index in [0.717, 1.165) is 0 Å². The molecule has 29 heavy (non-hydrogen) atoms. The van der Waals surface area contributed by atoms with Gasteiger partial charge in [0, 0.05) is 12.3 Å². The summed E-state index contributed by atoms with van der Waals surface area (Å²) in [6, 6.07) is 7.69. The average Bonchev–Trinajstić information content (AvgIpc) is 2.70. The lowest BCUT2D eigenvalue weighted by atomic mass is 10.3. The fraction of sp³-hybridized carbons (Fsp3) is 0.0556. The summed E-state index contributed by atoms with van der Waals surface area (Å²) in [5.74, 6) is 0.718. The Morgan fingerprint density at radius 2 is 2.14 bits per heavy atom. The number of benzene rings is 1. The molecule has 0 aliphatic rings. The molecule has 0 saturated heterocycles. The molecule has 3 rings (SSSR count). The molecule has 1 aromatic carbocycles. The van der Waals surface area contributed by atoms with Crippen LogP contribution >= 0.6 is 11.6 Å². The lowest BCUT2D eigenvalue weighted by Crippen LogP contribution is -2.19. The molecule has 11 heteroatoms. The Balaban J connectivity index is 1.72. The number of halogens is 1. The molecular weight excluding hydrogens is 398 g/mol. The van der Waals surface area contributed by atoms with E-state index in [0.29, 0.717) is 22.7 Å². The summed E-state index contributed by atoms with van der Waals surface area (Å²) < 4.78 is 5.72. The third-order valence-corrected chi connectivity index (χ3v) is 3.80. The highest BCUT2D eigenvalue weighted by atomic mass is 35.5. The van der Waals surface area contributed by atoms with Gasteiger partial charge in [0.2, 0.25) is 5.88 Å². The summed E-state index contributed by atoms with van der Waals surface area (Å²) in [6.07, 6.45) is 5.73. The quantitative estimate of drug-likeness (QED) is 0.415. The van der Waals surface area contributed by atoms with Gasteiger partial charge >= 0.3 is 6.03 Å². The van der Waals surface area contributed by atoms with E-state index in [1.807, 2.05) is 0 Å². The van der Waals surface area contributed by atoms with Gasteiger partial charge in [0.25, 0.3) is 0 Å². The summed E-state index contributed by atoms with van der Waals surface area (Å²) in [6.45, 7) is 0. The molecule has 0 bridgehead atoms. The number of anilines is 3. The van der Waals surface area contributed by atoms with Crippen molar-refractivity contribution in [2.75, 3.05) is 23.5 Å². The van der Waals surface area contributed by atoms with E-state index in [4.69, 9.17) is 22.1 Å². The predicted molar refractivity (Wildman–Crippen MR) is 109 cm³/mol. The number of ether oxygens (including phenoxy) is 1. The van der Waals surface area contributed by atoms with E-state index in [1.54, 1.807) is 30.5 Å². The van der Waals surface area contributed by atoms with Crippen LogP contribution in [0.3, 0.4) is 0 Å². The van der Waals surface area contributed by atoms with Crippen LogP contribution in [0.15, 0.2) is 54.2 Å². The maximum atomic E-state index is 12.1. The third-order valence-electron chi connectivity index (χ3n) is 3.49. The molecule has 2 heterocycles. The van der Waals surface area contributed by atoms with Crippen molar-refractivity contribution in [2.45, 2.75) is 0 Å². The monoisotopic (exact) mass is 413 g/mol. The minimum absolute atomic E-state index is 0.171. The molecule has 0 saturated carbocycles. The maximum absolute atomic E-state index is 12.1. The number of nitrogen functional groups attached to an aromatic ring is 1. The smallest absolute Gasteiger partial charge is 0.323 e. The zero-order valence-electron chi connectivity index (χ0n) is 15.2. The van der Waals surface area contributed by atoms with Gasteiger partial charge in [-0.15, -0.1) is 0 Å². The summed E-state index contributed by atoms with van der Waals surface area (Å²) in [5.41, 5.74) is 7.12. The average molecular weight is 414 g/mol. The molecular formula is C18H16ClN7O3. The number of aromatic nitrogens is 3. The van der Waals surface area contributed by atoms with Crippen LogP contribution < -0.4 is 21.1 Å². The maximum Gasteiger partial charge on any atom is 0.323 e. The molecule has 2 amide bonds. The Labute approximate surface area is 170 Å². The van der Waals surface area contributed by atoms with Gasteiger partial charge in [-0.3, -0.25) is 4.98 Å². The van der Waals surface area contributed by atoms with Gasteiger partial charge in [-0.1, -0.05) is 16.8 Å². The number of nitrogens with zero attached hydrogens (tertiary/aromatic N) is 4. The van der Waals surface area contributed by atoms with Crippen molar-refractivity contribution in [2.24, 2.45) is 5.16 Å². The molecule has 10 nitrogen and oxygen atoms in total. The second kappa shape index (κ2) is 9.33. The van der Waals surface area contributed by atoms with Gasteiger partial charge in [-0.25, -0.2) is 14.8 Å². The number of carbonyl (C=O) groups excluding carboxylic acids is 1. The van der Waals surface area contributed by atoms with Crippen LogP contribution in [0.2, 0.25) is 5.02 Å². The molecule has 0 atom stereocenters. The van der Waals surface area contributed by atoms with E-state index in [9.17, 15) is 4.79 Å². The summed E-state index contributed by atoms with van der Waals surface area (Å²) in [5, 5.41) is 9.21. The molecule has 0 aliphatic heterocycles. The topological polar surface area (TPSA) is 137 Å². The summed E-state index contributed by atoms with van der Waals surface area (Å²) in [7, 11) is 1.40. The second-order valence-corrected chi connectivity index (χ2v) is 5.87. The number of pyridine rings is 1. The molecule has 0 spiro atoms. The molecule has 2 aromatic heterocycles. The van der Waals surface area contributed by atoms with Crippen molar-refractivity contribution >= 4 is 41.0 Å². The van der Waals surface area contributed by atoms with Gasteiger partial charge in [-0.2, -0.15) is 0 Å². The van der Waals surface area contributed by atoms with Gasteiger partial charge in [0.05, 0.1) is 28.8 Å². The lowest BCUT2D eigenvalue weighted by Gasteiger charge is -2.12.